The zero-order valence-corrected chi connectivity index (χ0v) is 7.83. The zero-order chi connectivity index (χ0) is 9.26. The average molecular weight is 194 g/mol. The van der Waals surface area contributed by atoms with Crippen molar-refractivity contribution in [3.05, 3.63) is 41.5 Å². The Morgan fingerprint density at radius 2 is 2.15 bits per heavy atom. The molecular formula is C10H10O2S. The first-order chi connectivity index (χ1) is 6.29. The topological polar surface area (TPSA) is 37.3 Å². The molecule has 2 nitrogen and oxygen atoms in total. The molecule has 68 valence electrons. The highest BCUT2D eigenvalue weighted by Crippen LogP contribution is 2.31. The molecule has 0 amide bonds. The molecular weight excluding hydrogens is 184 g/mol. The summed E-state index contributed by atoms with van der Waals surface area (Å²) in [6, 6.07) is 7.71. The molecule has 0 spiro atoms. The normalized spacial score (nSPS) is 22.4. The van der Waals surface area contributed by atoms with Crippen molar-refractivity contribution in [2.75, 3.05) is 0 Å². The molecule has 2 atom stereocenters. The van der Waals surface area contributed by atoms with Crippen molar-refractivity contribution in [2.45, 2.75) is 11.7 Å². The summed E-state index contributed by atoms with van der Waals surface area (Å²) in [7, 11) is 0. The molecule has 2 rings (SSSR count). The van der Waals surface area contributed by atoms with E-state index in [4.69, 9.17) is 4.55 Å². The van der Waals surface area contributed by atoms with Gasteiger partial charge >= 0.3 is 0 Å². The molecule has 0 saturated heterocycles. The molecule has 0 aromatic heterocycles. The Hall–Kier alpha value is -0.930. The van der Waals surface area contributed by atoms with E-state index >= 15 is 0 Å². The van der Waals surface area contributed by atoms with Crippen molar-refractivity contribution in [3.8, 4) is 0 Å². The Bertz CT molecular complexity index is 371. The fourth-order valence-electron chi connectivity index (χ4n) is 1.59. The number of hydrogen-bond donors (Lipinski definition) is 1. The maximum Gasteiger partial charge on any atom is 0.160 e. The van der Waals surface area contributed by atoms with Crippen LogP contribution in [0.1, 0.15) is 22.8 Å². The van der Waals surface area contributed by atoms with Gasteiger partial charge in [-0.05, 0) is 17.5 Å². The molecule has 3 heteroatoms. The molecule has 0 saturated carbocycles. The van der Waals surface area contributed by atoms with E-state index in [1.165, 1.54) is 0 Å². The minimum Gasteiger partial charge on any atom is -0.306 e. The second kappa shape index (κ2) is 3.44. The lowest BCUT2D eigenvalue weighted by molar-refractivity contribution is 0.549. The molecule has 1 aromatic carbocycles. The van der Waals surface area contributed by atoms with Crippen LogP contribution in [0, 0.1) is 0 Å². The van der Waals surface area contributed by atoms with E-state index in [9.17, 15) is 4.21 Å². The molecule has 1 aromatic rings. The van der Waals surface area contributed by atoms with Crippen molar-refractivity contribution in [1.82, 2.24) is 0 Å². The van der Waals surface area contributed by atoms with E-state index in [-0.39, 0.29) is 5.25 Å². The van der Waals surface area contributed by atoms with Gasteiger partial charge in [-0.3, -0.25) is 0 Å². The largest absolute Gasteiger partial charge is 0.306 e. The summed E-state index contributed by atoms with van der Waals surface area (Å²) in [6.45, 7) is 0. The van der Waals surface area contributed by atoms with Gasteiger partial charge in [0.25, 0.3) is 0 Å². The highest BCUT2D eigenvalue weighted by molar-refractivity contribution is 7.79. The van der Waals surface area contributed by atoms with Crippen LogP contribution in [0.5, 0.6) is 0 Å². The quantitative estimate of drug-likeness (QED) is 0.697. The third-order valence-electron chi connectivity index (χ3n) is 2.23. The summed E-state index contributed by atoms with van der Waals surface area (Å²) in [5.74, 6) is 0. The first-order valence-corrected chi connectivity index (χ1v) is 5.31. The molecule has 0 fully saturated rings. The lowest BCUT2D eigenvalue weighted by Gasteiger charge is -2.17. The zero-order valence-electron chi connectivity index (χ0n) is 7.01. The fourth-order valence-corrected chi connectivity index (χ4v) is 2.30. The standard InChI is InChI=1S/C10H10O2S/c11-13(12)10-7-3-5-8-4-1-2-6-9(8)10/h1-6,10H,7H2,(H,11,12). The third-order valence-corrected chi connectivity index (χ3v) is 3.17. The van der Waals surface area contributed by atoms with Crippen LogP contribution in [0.25, 0.3) is 6.08 Å². The Balaban J connectivity index is 2.49. The number of rotatable bonds is 1. The van der Waals surface area contributed by atoms with Crippen molar-refractivity contribution < 1.29 is 8.76 Å². The second-order valence-corrected chi connectivity index (χ2v) is 4.15. The summed E-state index contributed by atoms with van der Waals surface area (Å²) in [4.78, 5) is 0. The summed E-state index contributed by atoms with van der Waals surface area (Å²) in [5.41, 5.74) is 2.03. The lowest BCUT2D eigenvalue weighted by Crippen LogP contribution is -2.08. The fraction of sp³-hybridized carbons (Fsp3) is 0.200. The van der Waals surface area contributed by atoms with Crippen LogP contribution >= 0.6 is 0 Å². The first kappa shape index (κ1) is 8.66. The Morgan fingerprint density at radius 3 is 2.92 bits per heavy atom. The summed E-state index contributed by atoms with van der Waals surface area (Å²) >= 11 is -1.76. The van der Waals surface area contributed by atoms with Crippen molar-refractivity contribution in [3.63, 3.8) is 0 Å². The minimum atomic E-state index is -1.76. The molecule has 0 bridgehead atoms. The number of fused-ring (bicyclic) bond motifs is 1. The van der Waals surface area contributed by atoms with Gasteiger partial charge in [0.05, 0.1) is 5.25 Å². The van der Waals surface area contributed by atoms with Crippen LogP contribution in [0.3, 0.4) is 0 Å². The third kappa shape index (κ3) is 1.57. The van der Waals surface area contributed by atoms with E-state index in [0.717, 1.165) is 11.1 Å². The van der Waals surface area contributed by atoms with Crippen LogP contribution in [-0.2, 0) is 11.1 Å². The van der Waals surface area contributed by atoms with Gasteiger partial charge in [0.2, 0.25) is 0 Å². The summed E-state index contributed by atoms with van der Waals surface area (Å²) in [5, 5.41) is -0.249. The monoisotopic (exact) mass is 194 g/mol. The van der Waals surface area contributed by atoms with Crippen molar-refractivity contribution in [2.24, 2.45) is 0 Å². The number of benzene rings is 1. The van der Waals surface area contributed by atoms with E-state index in [2.05, 4.69) is 0 Å². The number of allylic oxidation sites excluding steroid dienone is 1. The van der Waals surface area contributed by atoms with Gasteiger partial charge in [0.15, 0.2) is 11.1 Å². The lowest BCUT2D eigenvalue weighted by atomic mass is 9.97. The molecule has 13 heavy (non-hydrogen) atoms. The van der Waals surface area contributed by atoms with Crippen molar-refractivity contribution >= 4 is 17.2 Å². The van der Waals surface area contributed by atoms with Gasteiger partial charge < -0.3 is 4.55 Å². The maximum absolute atomic E-state index is 11.0. The minimum absolute atomic E-state index is 0.249. The highest BCUT2D eigenvalue weighted by Gasteiger charge is 2.20. The molecule has 2 unspecified atom stereocenters. The van der Waals surface area contributed by atoms with E-state index in [1.807, 2.05) is 36.4 Å². The van der Waals surface area contributed by atoms with Crippen LogP contribution in [0.2, 0.25) is 0 Å². The molecule has 1 aliphatic carbocycles. The average Bonchev–Trinajstić information content (AvgIpc) is 2.17. The van der Waals surface area contributed by atoms with E-state index in [0.29, 0.717) is 6.42 Å². The van der Waals surface area contributed by atoms with Crippen LogP contribution in [0.15, 0.2) is 30.3 Å². The van der Waals surface area contributed by atoms with Gasteiger partial charge in [-0.25, -0.2) is 4.21 Å². The van der Waals surface area contributed by atoms with Crippen molar-refractivity contribution in [1.29, 1.82) is 0 Å². The summed E-state index contributed by atoms with van der Waals surface area (Å²) in [6.07, 6.45) is 4.60. The molecule has 0 radical (unpaired) electrons. The number of hydrogen-bond acceptors (Lipinski definition) is 1. The van der Waals surface area contributed by atoms with Crippen LogP contribution < -0.4 is 0 Å². The van der Waals surface area contributed by atoms with Gasteiger partial charge in [-0.1, -0.05) is 36.4 Å². The Labute approximate surface area is 79.6 Å². The summed E-state index contributed by atoms with van der Waals surface area (Å²) < 4.78 is 20.1. The molecule has 1 aliphatic rings. The molecule has 0 aliphatic heterocycles. The maximum atomic E-state index is 11.0. The van der Waals surface area contributed by atoms with Crippen LogP contribution in [0.4, 0.5) is 0 Å². The van der Waals surface area contributed by atoms with Gasteiger partial charge in [0.1, 0.15) is 0 Å². The van der Waals surface area contributed by atoms with Gasteiger partial charge in [0, 0.05) is 0 Å². The molecule has 1 N–H and O–H groups in total. The van der Waals surface area contributed by atoms with E-state index in [1.54, 1.807) is 0 Å². The SMILES string of the molecule is O=S(O)C1CC=Cc2ccccc21. The smallest absolute Gasteiger partial charge is 0.160 e. The predicted octanol–water partition coefficient (Wildman–Crippen LogP) is 2.37. The predicted molar refractivity (Wildman–Crippen MR) is 53.6 cm³/mol. The van der Waals surface area contributed by atoms with Gasteiger partial charge in [-0.2, -0.15) is 0 Å². The van der Waals surface area contributed by atoms with Crippen LogP contribution in [-0.4, -0.2) is 8.76 Å². The first-order valence-electron chi connectivity index (χ1n) is 4.14. The van der Waals surface area contributed by atoms with E-state index < -0.39 is 11.1 Å². The Kier molecular flexibility index (Phi) is 2.29. The highest BCUT2D eigenvalue weighted by atomic mass is 32.2. The van der Waals surface area contributed by atoms with Gasteiger partial charge in [-0.15, -0.1) is 0 Å². The Morgan fingerprint density at radius 1 is 1.38 bits per heavy atom. The second-order valence-electron chi connectivity index (χ2n) is 3.03. The molecule has 0 heterocycles.